The Hall–Kier alpha value is -0.760. The van der Waals surface area contributed by atoms with Gasteiger partial charge < -0.3 is 4.74 Å². The van der Waals surface area contributed by atoms with Gasteiger partial charge in [0.2, 0.25) is 0 Å². The Balaban J connectivity index is 2.22. The number of rotatable bonds is 5. The van der Waals surface area contributed by atoms with Gasteiger partial charge in [0.25, 0.3) is 0 Å². The van der Waals surface area contributed by atoms with Gasteiger partial charge in [0.15, 0.2) is 11.6 Å². The average Bonchev–Trinajstić information content (AvgIpc) is 3.16. The van der Waals surface area contributed by atoms with Gasteiger partial charge in [-0.15, -0.1) is 11.6 Å². The zero-order valence-corrected chi connectivity index (χ0v) is 11.1. The van der Waals surface area contributed by atoms with Gasteiger partial charge >= 0.3 is 0 Å². The van der Waals surface area contributed by atoms with Crippen LogP contribution in [0, 0.1) is 17.2 Å². The van der Waals surface area contributed by atoms with Crippen molar-refractivity contribution in [3.05, 3.63) is 29.6 Å². The SMILES string of the molecule is COc1cccc(CC(C)(CCl)C2CC2)c1F. The smallest absolute Gasteiger partial charge is 0.168 e. The summed E-state index contributed by atoms with van der Waals surface area (Å²) in [6.07, 6.45) is 3.12. The molecule has 1 nitrogen and oxygen atoms in total. The van der Waals surface area contributed by atoms with Crippen LogP contribution in [0.25, 0.3) is 0 Å². The predicted octanol–water partition coefficient (Wildman–Crippen LogP) is 4.03. The van der Waals surface area contributed by atoms with E-state index in [0.29, 0.717) is 29.5 Å². The van der Waals surface area contributed by atoms with Crippen LogP contribution in [0.5, 0.6) is 5.75 Å². The van der Waals surface area contributed by atoms with Gasteiger partial charge in [-0.25, -0.2) is 4.39 Å². The van der Waals surface area contributed by atoms with Gasteiger partial charge in [0.05, 0.1) is 7.11 Å². The molecule has 0 bridgehead atoms. The molecule has 0 saturated heterocycles. The molecule has 17 heavy (non-hydrogen) atoms. The van der Waals surface area contributed by atoms with E-state index in [0.717, 1.165) is 0 Å². The largest absolute Gasteiger partial charge is 0.494 e. The third-order valence-corrected chi connectivity index (χ3v) is 4.34. The second kappa shape index (κ2) is 4.85. The van der Waals surface area contributed by atoms with Crippen LogP contribution < -0.4 is 4.74 Å². The Morgan fingerprint density at radius 3 is 2.71 bits per heavy atom. The van der Waals surface area contributed by atoms with Gasteiger partial charge in [-0.05, 0) is 42.2 Å². The summed E-state index contributed by atoms with van der Waals surface area (Å²) in [5.41, 5.74) is 0.716. The topological polar surface area (TPSA) is 9.23 Å². The van der Waals surface area contributed by atoms with Crippen molar-refractivity contribution in [3.63, 3.8) is 0 Å². The van der Waals surface area contributed by atoms with Crippen LogP contribution in [0.2, 0.25) is 0 Å². The molecule has 3 heteroatoms. The predicted molar refractivity (Wildman–Crippen MR) is 68.2 cm³/mol. The molecule has 2 rings (SSSR count). The van der Waals surface area contributed by atoms with Gasteiger partial charge in [0.1, 0.15) is 0 Å². The van der Waals surface area contributed by atoms with E-state index in [9.17, 15) is 4.39 Å². The summed E-state index contributed by atoms with van der Waals surface area (Å²) in [5, 5.41) is 0. The Morgan fingerprint density at radius 1 is 1.47 bits per heavy atom. The highest BCUT2D eigenvalue weighted by atomic mass is 35.5. The summed E-state index contributed by atoms with van der Waals surface area (Å²) >= 11 is 6.07. The highest BCUT2D eigenvalue weighted by Crippen LogP contribution is 2.48. The number of halogens is 2. The standard InChI is InChI=1S/C14H18ClFO/c1-14(9-15,11-6-7-11)8-10-4-3-5-12(17-2)13(10)16/h3-5,11H,6-9H2,1-2H3. The van der Waals surface area contributed by atoms with Gasteiger partial charge in [0, 0.05) is 5.88 Å². The monoisotopic (exact) mass is 256 g/mol. The molecule has 1 unspecified atom stereocenters. The molecule has 0 N–H and O–H groups in total. The lowest BCUT2D eigenvalue weighted by Crippen LogP contribution is -2.25. The second-order valence-electron chi connectivity index (χ2n) is 5.17. The van der Waals surface area contributed by atoms with Crippen molar-refractivity contribution in [2.45, 2.75) is 26.2 Å². The fraction of sp³-hybridized carbons (Fsp3) is 0.571. The summed E-state index contributed by atoms with van der Waals surface area (Å²) in [6.45, 7) is 2.15. The van der Waals surface area contributed by atoms with Crippen molar-refractivity contribution >= 4 is 11.6 Å². The maximum Gasteiger partial charge on any atom is 0.168 e. The first-order valence-corrected chi connectivity index (χ1v) is 6.51. The van der Waals surface area contributed by atoms with Gasteiger partial charge in [-0.3, -0.25) is 0 Å². The Kier molecular flexibility index (Phi) is 3.62. The molecule has 1 saturated carbocycles. The average molecular weight is 257 g/mol. The molecule has 1 aliphatic carbocycles. The highest BCUT2D eigenvalue weighted by molar-refractivity contribution is 6.18. The van der Waals surface area contributed by atoms with Crippen LogP contribution in [-0.4, -0.2) is 13.0 Å². The molecule has 1 atom stereocenters. The zero-order valence-electron chi connectivity index (χ0n) is 10.3. The fourth-order valence-electron chi connectivity index (χ4n) is 2.37. The van der Waals surface area contributed by atoms with Gasteiger partial charge in [-0.2, -0.15) is 0 Å². The van der Waals surface area contributed by atoms with E-state index in [1.807, 2.05) is 12.1 Å². The molecule has 1 aromatic carbocycles. The van der Waals surface area contributed by atoms with E-state index in [1.54, 1.807) is 6.07 Å². The van der Waals surface area contributed by atoms with Crippen molar-refractivity contribution in [3.8, 4) is 5.75 Å². The first-order chi connectivity index (χ1) is 8.10. The minimum Gasteiger partial charge on any atom is -0.494 e. The summed E-state index contributed by atoms with van der Waals surface area (Å²) in [5.74, 6) is 1.29. The molecule has 0 aliphatic heterocycles. The third-order valence-electron chi connectivity index (χ3n) is 3.73. The maximum atomic E-state index is 14.1. The normalized spacial score (nSPS) is 18.8. The molecular formula is C14H18ClFO. The van der Waals surface area contributed by atoms with Crippen molar-refractivity contribution in [1.82, 2.24) is 0 Å². The number of hydrogen-bond acceptors (Lipinski definition) is 1. The highest BCUT2D eigenvalue weighted by Gasteiger charge is 2.41. The minimum absolute atomic E-state index is 0.00869. The lowest BCUT2D eigenvalue weighted by atomic mass is 9.80. The molecule has 0 aromatic heterocycles. The van der Waals surface area contributed by atoms with Crippen molar-refractivity contribution in [2.75, 3.05) is 13.0 Å². The Labute approximate surface area is 107 Å². The molecule has 0 amide bonds. The van der Waals surface area contributed by atoms with Crippen molar-refractivity contribution < 1.29 is 9.13 Å². The molecule has 0 heterocycles. The molecule has 0 spiro atoms. The molecule has 1 aliphatic rings. The number of methoxy groups -OCH3 is 1. The summed E-state index contributed by atoms with van der Waals surface area (Å²) in [4.78, 5) is 0. The molecule has 1 aromatic rings. The first kappa shape index (κ1) is 12.7. The van der Waals surface area contributed by atoms with E-state index in [1.165, 1.54) is 20.0 Å². The van der Waals surface area contributed by atoms with Crippen LogP contribution in [0.15, 0.2) is 18.2 Å². The second-order valence-corrected chi connectivity index (χ2v) is 5.44. The van der Waals surface area contributed by atoms with E-state index < -0.39 is 0 Å². The third kappa shape index (κ3) is 2.57. The summed E-state index contributed by atoms with van der Waals surface area (Å²) < 4.78 is 19.1. The summed E-state index contributed by atoms with van der Waals surface area (Å²) in [6, 6.07) is 5.30. The lowest BCUT2D eigenvalue weighted by Gasteiger charge is -2.27. The van der Waals surface area contributed by atoms with E-state index >= 15 is 0 Å². The zero-order chi connectivity index (χ0) is 12.5. The molecule has 0 radical (unpaired) electrons. The number of ether oxygens (including phenoxy) is 1. The number of alkyl halides is 1. The minimum atomic E-state index is -0.244. The van der Waals surface area contributed by atoms with Crippen LogP contribution in [0.1, 0.15) is 25.3 Å². The fourth-order valence-corrected chi connectivity index (χ4v) is 2.68. The first-order valence-electron chi connectivity index (χ1n) is 5.98. The van der Waals surface area contributed by atoms with E-state index in [2.05, 4.69) is 6.92 Å². The quantitative estimate of drug-likeness (QED) is 0.723. The van der Waals surface area contributed by atoms with Crippen molar-refractivity contribution in [1.29, 1.82) is 0 Å². The Bertz CT molecular complexity index is 403. The van der Waals surface area contributed by atoms with Crippen LogP contribution in [0.3, 0.4) is 0 Å². The number of hydrogen-bond donors (Lipinski definition) is 0. The number of benzene rings is 1. The van der Waals surface area contributed by atoms with Crippen LogP contribution in [0.4, 0.5) is 4.39 Å². The van der Waals surface area contributed by atoms with E-state index in [4.69, 9.17) is 16.3 Å². The van der Waals surface area contributed by atoms with Gasteiger partial charge in [-0.1, -0.05) is 19.1 Å². The molecular weight excluding hydrogens is 239 g/mol. The summed E-state index contributed by atoms with van der Waals surface area (Å²) in [7, 11) is 1.49. The lowest BCUT2D eigenvalue weighted by molar-refractivity contribution is 0.306. The molecule has 1 fully saturated rings. The Morgan fingerprint density at radius 2 is 2.18 bits per heavy atom. The van der Waals surface area contributed by atoms with Crippen molar-refractivity contribution in [2.24, 2.45) is 11.3 Å². The maximum absolute atomic E-state index is 14.1. The molecule has 94 valence electrons. The van der Waals surface area contributed by atoms with Crippen LogP contribution in [-0.2, 0) is 6.42 Å². The van der Waals surface area contributed by atoms with E-state index in [-0.39, 0.29) is 11.2 Å². The van der Waals surface area contributed by atoms with Crippen LogP contribution >= 0.6 is 11.6 Å².